The number of hydrogen-bond acceptors (Lipinski definition) is 5. The Hall–Kier alpha value is -4.18. The lowest BCUT2D eigenvalue weighted by atomic mass is 9.99. The Balaban J connectivity index is 1.87. The standard InChI is InChI=1S/C22H17N5O2/c1-13-19-9-15(5-8-18(19)22(29)26-25-13)20-12-24-27(2)21(20)10-16(11-23)14-3-6-17(28)7-4-14/h3-10,12,28H,1-2H3,(H,26,29). The Morgan fingerprint density at radius 3 is 2.69 bits per heavy atom. The van der Waals surface area contributed by atoms with Gasteiger partial charge in [0.2, 0.25) is 0 Å². The average molecular weight is 383 g/mol. The van der Waals surface area contributed by atoms with E-state index in [1.807, 2.05) is 19.1 Å². The van der Waals surface area contributed by atoms with Crippen molar-refractivity contribution in [2.75, 3.05) is 0 Å². The van der Waals surface area contributed by atoms with E-state index in [1.165, 1.54) is 0 Å². The van der Waals surface area contributed by atoms with Crippen LogP contribution in [0.25, 0.3) is 33.5 Å². The first-order chi connectivity index (χ1) is 14.0. The van der Waals surface area contributed by atoms with E-state index in [1.54, 1.807) is 54.3 Å². The van der Waals surface area contributed by atoms with E-state index >= 15 is 0 Å². The fraction of sp³-hybridized carbons (Fsp3) is 0.0909. The molecule has 7 heteroatoms. The van der Waals surface area contributed by atoms with E-state index in [-0.39, 0.29) is 11.3 Å². The summed E-state index contributed by atoms with van der Waals surface area (Å²) < 4.78 is 1.69. The predicted molar refractivity (Wildman–Crippen MR) is 111 cm³/mol. The van der Waals surface area contributed by atoms with Gasteiger partial charge in [0.15, 0.2) is 0 Å². The highest BCUT2D eigenvalue weighted by Gasteiger charge is 2.13. The van der Waals surface area contributed by atoms with Crippen molar-refractivity contribution < 1.29 is 5.11 Å². The number of aromatic nitrogens is 4. The van der Waals surface area contributed by atoms with Crippen LogP contribution in [0.5, 0.6) is 5.75 Å². The van der Waals surface area contributed by atoms with Crippen molar-refractivity contribution in [1.82, 2.24) is 20.0 Å². The van der Waals surface area contributed by atoms with E-state index in [0.717, 1.165) is 27.9 Å². The van der Waals surface area contributed by atoms with E-state index in [0.29, 0.717) is 16.5 Å². The first-order valence-electron chi connectivity index (χ1n) is 8.90. The second kappa shape index (κ2) is 7.09. The van der Waals surface area contributed by atoms with Crippen LogP contribution in [0.2, 0.25) is 0 Å². The topological polar surface area (TPSA) is 108 Å². The molecule has 0 unspecified atom stereocenters. The third-order valence-electron chi connectivity index (χ3n) is 4.85. The molecule has 0 fully saturated rings. The van der Waals surface area contributed by atoms with E-state index in [9.17, 15) is 15.2 Å². The largest absolute Gasteiger partial charge is 0.508 e. The number of aryl methyl sites for hydroxylation is 2. The first kappa shape index (κ1) is 18.2. The number of nitrogens with one attached hydrogen (secondary N) is 1. The van der Waals surface area contributed by atoms with Gasteiger partial charge < -0.3 is 5.11 Å². The molecule has 0 saturated carbocycles. The van der Waals surface area contributed by atoms with Gasteiger partial charge in [-0.1, -0.05) is 6.07 Å². The number of phenols is 1. The SMILES string of the molecule is Cc1n[nH]c(=O)c2ccc(-c3cnn(C)c3C=C(C#N)c3ccc(O)cc3)cc12. The number of phenolic OH excluding ortho intramolecular Hbond substituents is 1. The summed E-state index contributed by atoms with van der Waals surface area (Å²) >= 11 is 0. The summed E-state index contributed by atoms with van der Waals surface area (Å²) in [6.45, 7) is 1.84. The molecule has 0 saturated heterocycles. The van der Waals surface area contributed by atoms with Crippen LogP contribution in [0.1, 0.15) is 17.0 Å². The van der Waals surface area contributed by atoms with Crippen molar-refractivity contribution in [3.63, 3.8) is 0 Å². The summed E-state index contributed by atoms with van der Waals surface area (Å²) in [7, 11) is 1.81. The van der Waals surface area contributed by atoms with Crippen LogP contribution >= 0.6 is 0 Å². The Morgan fingerprint density at radius 1 is 1.21 bits per heavy atom. The fourth-order valence-corrected chi connectivity index (χ4v) is 3.26. The molecule has 0 aliphatic carbocycles. The van der Waals surface area contributed by atoms with Crippen molar-refractivity contribution in [2.45, 2.75) is 6.92 Å². The van der Waals surface area contributed by atoms with E-state index in [2.05, 4.69) is 21.4 Å². The Labute approximate surface area is 166 Å². The summed E-state index contributed by atoms with van der Waals surface area (Å²) in [5, 5.41) is 31.4. The molecule has 0 atom stereocenters. The zero-order chi connectivity index (χ0) is 20.5. The summed E-state index contributed by atoms with van der Waals surface area (Å²) in [4.78, 5) is 12.0. The maximum atomic E-state index is 12.0. The van der Waals surface area contributed by atoms with Crippen molar-refractivity contribution in [2.24, 2.45) is 7.05 Å². The zero-order valence-electron chi connectivity index (χ0n) is 15.8. The normalized spacial score (nSPS) is 11.6. The number of benzene rings is 2. The van der Waals surface area contributed by atoms with E-state index in [4.69, 9.17) is 0 Å². The van der Waals surface area contributed by atoms with Crippen molar-refractivity contribution in [1.29, 1.82) is 5.26 Å². The molecular formula is C22H17N5O2. The smallest absolute Gasteiger partial charge is 0.272 e. The Bertz CT molecular complexity index is 1350. The summed E-state index contributed by atoms with van der Waals surface area (Å²) in [5.41, 5.74) is 4.10. The number of nitriles is 1. The van der Waals surface area contributed by atoms with Gasteiger partial charge in [-0.3, -0.25) is 9.48 Å². The van der Waals surface area contributed by atoms with Gasteiger partial charge in [0, 0.05) is 18.0 Å². The number of allylic oxidation sites excluding steroid dienone is 1. The Kier molecular flexibility index (Phi) is 4.45. The molecule has 2 N–H and O–H groups in total. The molecule has 2 aromatic heterocycles. The van der Waals surface area contributed by atoms with Crippen LogP contribution < -0.4 is 5.56 Å². The molecule has 0 aliphatic heterocycles. The molecule has 4 rings (SSSR count). The lowest BCUT2D eigenvalue weighted by Gasteiger charge is -2.07. The number of H-pyrrole nitrogens is 1. The molecule has 0 amide bonds. The van der Waals surface area contributed by atoms with Crippen LogP contribution in [-0.2, 0) is 7.05 Å². The summed E-state index contributed by atoms with van der Waals surface area (Å²) in [6, 6.07) is 14.2. The highest BCUT2D eigenvalue weighted by atomic mass is 16.3. The van der Waals surface area contributed by atoms with Crippen LogP contribution in [0.4, 0.5) is 0 Å². The van der Waals surface area contributed by atoms with Crippen LogP contribution in [0, 0.1) is 18.3 Å². The number of aromatic amines is 1. The number of hydrogen-bond donors (Lipinski definition) is 2. The van der Waals surface area contributed by atoms with Crippen molar-refractivity contribution in [3.05, 3.63) is 76.0 Å². The maximum Gasteiger partial charge on any atom is 0.272 e. The fourth-order valence-electron chi connectivity index (χ4n) is 3.26. The number of rotatable bonds is 3. The minimum Gasteiger partial charge on any atom is -0.508 e. The maximum absolute atomic E-state index is 12.0. The van der Waals surface area contributed by atoms with Gasteiger partial charge in [-0.05, 0) is 60.5 Å². The monoisotopic (exact) mass is 383 g/mol. The van der Waals surface area contributed by atoms with Crippen LogP contribution in [0.15, 0.2) is 53.5 Å². The molecule has 29 heavy (non-hydrogen) atoms. The lowest BCUT2D eigenvalue weighted by molar-refractivity contribution is 0.475. The minimum absolute atomic E-state index is 0.141. The molecule has 0 radical (unpaired) electrons. The van der Waals surface area contributed by atoms with Crippen LogP contribution in [-0.4, -0.2) is 25.1 Å². The quantitative estimate of drug-likeness (QED) is 0.527. The van der Waals surface area contributed by atoms with Gasteiger partial charge >= 0.3 is 0 Å². The summed E-state index contributed by atoms with van der Waals surface area (Å²) in [6.07, 6.45) is 3.50. The highest BCUT2D eigenvalue weighted by Crippen LogP contribution is 2.30. The molecule has 4 aromatic rings. The Morgan fingerprint density at radius 2 is 1.97 bits per heavy atom. The average Bonchev–Trinajstić information content (AvgIpc) is 3.09. The van der Waals surface area contributed by atoms with Gasteiger partial charge in [0.25, 0.3) is 5.56 Å². The van der Waals surface area contributed by atoms with Gasteiger partial charge in [-0.15, -0.1) is 0 Å². The zero-order valence-corrected chi connectivity index (χ0v) is 15.8. The van der Waals surface area contributed by atoms with Crippen molar-refractivity contribution in [3.8, 4) is 22.9 Å². The molecular weight excluding hydrogens is 366 g/mol. The van der Waals surface area contributed by atoms with E-state index < -0.39 is 0 Å². The van der Waals surface area contributed by atoms with Gasteiger partial charge in [0.1, 0.15) is 5.75 Å². The molecule has 7 nitrogen and oxygen atoms in total. The third kappa shape index (κ3) is 3.28. The second-order valence-corrected chi connectivity index (χ2v) is 6.68. The highest BCUT2D eigenvalue weighted by molar-refractivity contribution is 5.94. The van der Waals surface area contributed by atoms with Gasteiger partial charge in [-0.25, -0.2) is 5.10 Å². The molecule has 0 aliphatic rings. The molecule has 0 bridgehead atoms. The number of nitrogens with zero attached hydrogens (tertiary/aromatic N) is 4. The number of aromatic hydroxyl groups is 1. The molecule has 2 aromatic carbocycles. The summed E-state index contributed by atoms with van der Waals surface area (Å²) in [5.74, 6) is 0.141. The molecule has 0 spiro atoms. The lowest BCUT2D eigenvalue weighted by Crippen LogP contribution is -2.09. The predicted octanol–water partition coefficient (Wildman–Crippen LogP) is 3.40. The molecule has 2 heterocycles. The van der Waals surface area contributed by atoms with Crippen molar-refractivity contribution >= 4 is 22.4 Å². The van der Waals surface area contributed by atoms with Gasteiger partial charge in [0.05, 0.1) is 34.6 Å². The minimum atomic E-state index is -0.234. The van der Waals surface area contributed by atoms with Crippen LogP contribution in [0.3, 0.4) is 0 Å². The van der Waals surface area contributed by atoms with Gasteiger partial charge in [-0.2, -0.15) is 15.5 Å². The molecule has 142 valence electrons. The third-order valence-corrected chi connectivity index (χ3v) is 4.85. The first-order valence-corrected chi connectivity index (χ1v) is 8.90. The number of fused-ring (bicyclic) bond motifs is 1. The second-order valence-electron chi connectivity index (χ2n) is 6.68.